The van der Waals surface area contributed by atoms with Crippen molar-refractivity contribution >= 4 is 15.9 Å². The molecule has 0 aromatic heterocycles. The standard InChI is InChI=1S/C17H28BrN3/c1-4-19-17(15-7-5-6-8-16(15)18)9-10-21-12-11-20(3)13-14(21)2/h5-8,14,17,19H,4,9-13H2,1-3H3. The lowest BCUT2D eigenvalue weighted by Gasteiger charge is -2.39. The summed E-state index contributed by atoms with van der Waals surface area (Å²) in [5.74, 6) is 0. The number of hydrogen-bond acceptors (Lipinski definition) is 3. The van der Waals surface area contributed by atoms with E-state index in [0.717, 1.165) is 19.5 Å². The number of rotatable bonds is 6. The van der Waals surface area contributed by atoms with Crippen LogP contribution in [0.2, 0.25) is 0 Å². The molecule has 1 aromatic rings. The summed E-state index contributed by atoms with van der Waals surface area (Å²) in [6, 6.07) is 9.66. The molecular formula is C17H28BrN3. The zero-order valence-corrected chi connectivity index (χ0v) is 15.1. The van der Waals surface area contributed by atoms with Crippen molar-refractivity contribution in [2.75, 3.05) is 39.8 Å². The van der Waals surface area contributed by atoms with Crippen molar-refractivity contribution in [1.29, 1.82) is 0 Å². The number of hydrogen-bond donors (Lipinski definition) is 1. The summed E-state index contributed by atoms with van der Waals surface area (Å²) in [5, 5.41) is 3.64. The molecule has 1 N–H and O–H groups in total. The number of likely N-dealkylation sites (N-methyl/N-ethyl adjacent to an activating group) is 1. The van der Waals surface area contributed by atoms with Crippen molar-refractivity contribution in [2.24, 2.45) is 0 Å². The Morgan fingerprint density at radius 1 is 1.33 bits per heavy atom. The van der Waals surface area contributed by atoms with Crippen molar-refractivity contribution in [1.82, 2.24) is 15.1 Å². The minimum absolute atomic E-state index is 0.428. The van der Waals surface area contributed by atoms with Gasteiger partial charge in [-0.25, -0.2) is 0 Å². The minimum atomic E-state index is 0.428. The molecule has 2 unspecified atom stereocenters. The lowest BCUT2D eigenvalue weighted by molar-refractivity contribution is 0.0961. The first-order valence-electron chi connectivity index (χ1n) is 8.02. The van der Waals surface area contributed by atoms with Crippen molar-refractivity contribution < 1.29 is 0 Å². The van der Waals surface area contributed by atoms with Gasteiger partial charge in [0.2, 0.25) is 0 Å². The molecule has 1 fully saturated rings. The number of benzene rings is 1. The molecule has 21 heavy (non-hydrogen) atoms. The van der Waals surface area contributed by atoms with Gasteiger partial charge < -0.3 is 10.2 Å². The van der Waals surface area contributed by atoms with Crippen LogP contribution in [0, 0.1) is 0 Å². The van der Waals surface area contributed by atoms with Crippen molar-refractivity contribution in [2.45, 2.75) is 32.4 Å². The molecule has 1 aliphatic rings. The normalized spacial score (nSPS) is 22.4. The third-order valence-corrected chi connectivity index (χ3v) is 5.13. The fourth-order valence-electron chi connectivity index (χ4n) is 3.18. The number of halogens is 1. The third kappa shape index (κ3) is 4.78. The van der Waals surface area contributed by atoms with E-state index in [1.54, 1.807) is 0 Å². The second-order valence-corrected chi connectivity index (χ2v) is 6.92. The highest BCUT2D eigenvalue weighted by molar-refractivity contribution is 9.10. The van der Waals surface area contributed by atoms with Gasteiger partial charge in [-0.3, -0.25) is 4.90 Å². The number of piperazine rings is 1. The fraction of sp³-hybridized carbons (Fsp3) is 0.647. The summed E-state index contributed by atoms with van der Waals surface area (Å²) >= 11 is 3.69. The zero-order valence-electron chi connectivity index (χ0n) is 13.5. The first-order chi connectivity index (χ1) is 10.1. The predicted molar refractivity (Wildman–Crippen MR) is 93.7 cm³/mol. The van der Waals surface area contributed by atoms with Crippen LogP contribution in [0.4, 0.5) is 0 Å². The van der Waals surface area contributed by atoms with Crippen LogP contribution in [-0.2, 0) is 0 Å². The van der Waals surface area contributed by atoms with Crippen LogP contribution in [0.15, 0.2) is 28.7 Å². The van der Waals surface area contributed by atoms with E-state index in [1.165, 1.54) is 29.7 Å². The van der Waals surface area contributed by atoms with E-state index < -0.39 is 0 Å². The highest BCUT2D eigenvalue weighted by Gasteiger charge is 2.22. The van der Waals surface area contributed by atoms with E-state index in [9.17, 15) is 0 Å². The average Bonchev–Trinajstić information content (AvgIpc) is 2.46. The van der Waals surface area contributed by atoms with Gasteiger partial charge in [0, 0.05) is 42.7 Å². The molecular weight excluding hydrogens is 326 g/mol. The van der Waals surface area contributed by atoms with E-state index in [4.69, 9.17) is 0 Å². The molecule has 1 aromatic carbocycles. The topological polar surface area (TPSA) is 18.5 Å². The van der Waals surface area contributed by atoms with Gasteiger partial charge in [0.05, 0.1) is 0 Å². The molecule has 2 rings (SSSR count). The van der Waals surface area contributed by atoms with E-state index in [1.807, 2.05) is 0 Å². The Morgan fingerprint density at radius 2 is 2.10 bits per heavy atom. The Balaban J connectivity index is 1.96. The Labute approximate surface area is 137 Å². The van der Waals surface area contributed by atoms with Gasteiger partial charge in [0.25, 0.3) is 0 Å². The lowest BCUT2D eigenvalue weighted by Crippen LogP contribution is -2.50. The molecule has 1 aliphatic heterocycles. The van der Waals surface area contributed by atoms with Crippen LogP contribution >= 0.6 is 15.9 Å². The highest BCUT2D eigenvalue weighted by atomic mass is 79.9. The molecule has 0 saturated carbocycles. The van der Waals surface area contributed by atoms with E-state index in [-0.39, 0.29) is 0 Å². The summed E-state index contributed by atoms with van der Waals surface area (Å²) in [6.45, 7) is 10.2. The number of nitrogens with one attached hydrogen (secondary N) is 1. The highest BCUT2D eigenvalue weighted by Crippen LogP contribution is 2.26. The van der Waals surface area contributed by atoms with Gasteiger partial charge in [0.1, 0.15) is 0 Å². The van der Waals surface area contributed by atoms with Gasteiger partial charge in [-0.2, -0.15) is 0 Å². The molecule has 1 heterocycles. The fourth-order valence-corrected chi connectivity index (χ4v) is 3.74. The van der Waals surface area contributed by atoms with Crippen LogP contribution in [0.1, 0.15) is 31.9 Å². The Hall–Kier alpha value is -0.420. The first kappa shape index (κ1) is 16.9. The summed E-state index contributed by atoms with van der Waals surface area (Å²) in [7, 11) is 2.22. The second kappa shape index (κ2) is 8.28. The zero-order chi connectivity index (χ0) is 15.2. The summed E-state index contributed by atoms with van der Waals surface area (Å²) in [6.07, 6.45) is 1.16. The quantitative estimate of drug-likeness (QED) is 0.847. The molecule has 1 saturated heterocycles. The summed E-state index contributed by atoms with van der Waals surface area (Å²) in [4.78, 5) is 5.05. The van der Waals surface area contributed by atoms with Crippen LogP contribution < -0.4 is 5.32 Å². The molecule has 0 bridgehead atoms. The largest absolute Gasteiger partial charge is 0.310 e. The van der Waals surface area contributed by atoms with E-state index in [2.05, 4.69) is 76.2 Å². The second-order valence-electron chi connectivity index (χ2n) is 6.07. The third-order valence-electron chi connectivity index (χ3n) is 4.40. The van der Waals surface area contributed by atoms with Crippen molar-refractivity contribution in [3.05, 3.63) is 34.3 Å². The Morgan fingerprint density at radius 3 is 2.76 bits per heavy atom. The van der Waals surface area contributed by atoms with E-state index >= 15 is 0 Å². The van der Waals surface area contributed by atoms with Gasteiger partial charge in [-0.05, 0) is 38.6 Å². The molecule has 118 valence electrons. The van der Waals surface area contributed by atoms with Crippen LogP contribution in [0.25, 0.3) is 0 Å². The lowest BCUT2D eigenvalue weighted by atomic mass is 10.0. The SMILES string of the molecule is CCNC(CCN1CCN(C)CC1C)c1ccccc1Br. The monoisotopic (exact) mass is 353 g/mol. The van der Waals surface area contributed by atoms with Crippen LogP contribution in [0.3, 0.4) is 0 Å². The van der Waals surface area contributed by atoms with Crippen molar-refractivity contribution in [3.8, 4) is 0 Å². The Kier molecular flexibility index (Phi) is 6.68. The predicted octanol–water partition coefficient (Wildman–Crippen LogP) is 3.13. The molecule has 4 heteroatoms. The maximum Gasteiger partial charge on any atom is 0.0343 e. The minimum Gasteiger partial charge on any atom is -0.310 e. The number of nitrogens with zero attached hydrogens (tertiary/aromatic N) is 2. The summed E-state index contributed by atoms with van der Waals surface area (Å²) in [5.41, 5.74) is 1.38. The Bertz CT molecular complexity index is 438. The smallest absolute Gasteiger partial charge is 0.0343 e. The maximum atomic E-state index is 3.69. The average molecular weight is 354 g/mol. The van der Waals surface area contributed by atoms with Gasteiger partial charge in [-0.1, -0.05) is 41.1 Å². The van der Waals surface area contributed by atoms with Gasteiger partial charge in [0.15, 0.2) is 0 Å². The molecule has 0 radical (unpaired) electrons. The first-order valence-corrected chi connectivity index (χ1v) is 8.81. The van der Waals surface area contributed by atoms with Crippen LogP contribution in [-0.4, -0.2) is 55.6 Å². The van der Waals surface area contributed by atoms with E-state index in [0.29, 0.717) is 12.1 Å². The van der Waals surface area contributed by atoms with Gasteiger partial charge >= 0.3 is 0 Å². The molecule has 0 amide bonds. The molecule has 0 spiro atoms. The van der Waals surface area contributed by atoms with Crippen molar-refractivity contribution in [3.63, 3.8) is 0 Å². The molecule has 3 nitrogen and oxygen atoms in total. The maximum absolute atomic E-state index is 3.69. The van der Waals surface area contributed by atoms with Crippen LogP contribution in [0.5, 0.6) is 0 Å². The van der Waals surface area contributed by atoms with Gasteiger partial charge in [-0.15, -0.1) is 0 Å². The molecule has 0 aliphatic carbocycles. The summed E-state index contributed by atoms with van der Waals surface area (Å²) < 4.78 is 1.21. The molecule has 2 atom stereocenters.